The zero-order valence-corrected chi connectivity index (χ0v) is 18.7. The Morgan fingerprint density at radius 1 is 1.16 bits per heavy atom. The van der Waals surface area contributed by atoms with Gasteiger partial charge in [-0.1, -0.05) is 25.1 Å². The molecular weight excluding hydrogens is 445 g/mol. The molecule has 0 fully saturated rings. The number of ether oxygens (including phenoxy) is 2. The number of carbonyl (C=O) groups excluding carboxylic acids is 2. The van der Waals surface area contributed by atoms with E-state index in [4.69, 9.17) is 9.47 Å². The fourth-order valence-electron chi connectivity index (χ4n) is 3.35. The van der Waals surface area contributed by atoms with Crippen molar-refractivity contribution in [3.05, 3.63) is 57.9 Å². The van der Waals surface area contributed by atoms with Crippen molar-refractivity contribution in [1.82, 2.24) is 5.32 Å². The smallest absolute Gasteiger partial charge is 0.416 e. The van der Waals surface area contributed by atoms with E-state index in [0.29, 0.717) is 5.75 Å². The average Bonchev–Trinajstić information content (AvgIpc) is 2.75. The Balaban J connectivity index is 2.69. The maximum Gasteiger partial charge on any atom is 0.416 e. The van der Waals surface area contributed by atoms with Gasteiger partial charge in [-0.05, 0) is 31.2 Å². The first-order chi connectivity index (χ1) is 15.2. The Morgan fingerprint density at radius 3 is 2.41 bits per heavy atom. The van der Waals surface area contributed by atoms with Gasteiger partial charge in [0.25, 0.3) is 0 Å². The highest BCUT2D eigenvalue weighted by molar-refractivity contribution is 7.99. The van der Waals surface area contributed by atoms with Crippen LogP contribution in [0.4, 0.5) is 13.2 Å². The molecule has 1 aliphatic rings. The molecule has 0 aliphatic carbocycles. The molecule has 6 nitrogen and oxygen atoms in total. The minimum absolute atomic E-state index is 0.0469. The van der Waals surface area contributed by atoms with Crippen LogP contribution in [0.2, 0.25) is 0 Å². The average molecular weight is 468 g/mol. The number of halogens is 3. The number of rotatable bonds is 8. The van der Waals surface area contributed by atoms with Gasteiger partial charge in [-0.25, -0.2) is 9.59 Å². The molecule has 1 unspecified atom stereocenters. The summed E-state index contributed by atoms with van der Waals surface area (Å²) < 4.78 is 51.8. The number of thioether (sulfide) groups is 1. The summed E-state index contributed by atoms with van der Waals surface area (Å²) in [6.45, 7) is 4.89. The van der Waals surface area contributed by atoms with E-state index >= 15 is 0 Å². The van der Waals surface area contributed by atoms with Crippen molar-refractivity contribution in [3.63, 3.8) is 0 Å². The van der Waals surface area contributed by atoms with Gasteiger partial charge in [-0.3, -0.25) is 0 Å². The van der Waals surface area contributed by atoms with Gasteiger partial charge in [0.05, 0.1) is 29.2 Å². The van der Waals surface area contributed by atoms with E-state index < -0.39 is 29.6 Å². The monoisotopic (exact) mass is 468 g/mol. The molecule has 2 rings (SSSR count). The summed E-state index contributed by atoms with van der Waals surface area (Å²) in [5.74, 6) is -2.03. The Hall–Kier alpha value is -2.93. The minimum Gasteiger partial charge on any atom is -0.463 e. The minimum atomic E-state index is -4.76. The zero-order valence-electron chi connectivity index (χ0n) is 17.8. The lowest BCUT2D eigenvalue weighted by Crippen LogP contribution is -2.34. The van der Waals surface area contributed by atoms with E-state index in [-0.39, 0.29) is 41.3 Å². The van der Waals surface area contributed by atoms with Crippen LogP contribution in [0.3, 0.4) is 0 Å². The molecule has 32 heavy (non-hydrogen) atoms. The van der Waals surface area contributed by atoms with Crippen LogP contribution in [-0.4, -0.2) is 36.7 Å². The Morgan fingerprint density at radius 2 is 1.81 bits per heavy atom. The Labute approximate surface area is 188 Å². The van der Waals surface area contributed by atoms with Crippen LogP contribution in [0.5, 0.6) is 0 Å². The van der Waals surface area contributed by atoms with E-state index in [1.165, 1.54) is 43.8 Å². The first-order valence-corrected chi connectivity index (χ1v) is 11.0. The van der Waals surface area contributed by atoms with Crippen LogP contribution >= 0.6 is 11.8 Å². The van der Waals surface area contributed by atoms with Gasteiger partial charge in [0.15, 0.2) is 0 Å². The summed E-state index contributed by atoms with van der Waals surface area (Å²) in [5, 5.41) is 12.2. The Kier molecular flexibility index (Phi) is 8.78. The van der Waals surface area contributed by atoms with Crippen LogP contribution in [0.1, 0.15) is 37.8 Å². The predicted molar refractivity (Wildman–Crippen MR) is 113 cm³/mol. The molecule has 1 atom stereocenters. The molecule has 0 spiro atoms. The second-order valence-corrected chi connectivity index (χ2v) is 8.03. The topological polar surface area (TPSA) is 88.4 Å². The molecule has 0 bridgehead atoms. The fraction of sp³-hybridized carbons (Fsp3) is 0.409. The third kappa shape index (κ3) is 5.65. The standard InChI is InChI=1S/C22H23F3N2O4S/c1-4-30-21(29)19-16(12-26)27-13(3)17(20(28)31-10-11-32-5-2)18(19)14-8-6-7-9-15(14)22(23,24)25/h6-9,18,27H,4-5,10-11H2,1-3H3. The summed E-state index contributed by atoms with van der Waals surface area (Å²) >= 11 is 1.53. The van der Waals surface area contributed by atoms with E-state index in [2.05, 4.69) is 5.32 Å². The summed E-state index contributed by atoms with van der Waals surface area (Å²) in [4.78, 5) is 25.7. The molecule has 1 aromatic carbocycles. The number of hydrogen-bond acceptors (Lipinski definition) is 7. The number of hydrogen-bond donors (Lipinski definition) is 1. The van der Waals surface area contributed by atoms with Crippen molar-refractivity contribution >= 4 is 23.7 Å². The maximum atomic E-state index is 13.8. The molecule has 0 amide bonds. The van der Waals surface area contributed by atoms with Crippen molar-refractivity contribution in [2.75, 3.05) is 24.7 Å². The number of allylic oxidation sites excluding steroid dienone is 2. The van der Waals surface area contributed by atoms with Crippen LogP contribution in [0.15, 0.2) is 46.8 Å². The highest BCUT2D eigenvalue weighted by Crippen LogP contribution is 2.44. The van der Waals surface area contributed by atoms with Crippen LogP contribution < -0.4 is 5.32 Å². The number of dihydropyridines is 1. The van der Waals surface area contributed by atoms with Gasteiger partial charge in [0.1, 0.15) is 18.4 Å². The van der Waals surface area contributed by atoms with Crippen molar-refractivity contribution in [3.8, 4) is 6.07 Å². The lowest BCUT2D eigenvalue weighted by molar-refractivity contribution is -0.141. The summed E-state index contributed by atoms with van der Waals surface area (Å²) in [6, 6.07) is 6.43. The SMILES string of the molecule is CCOC(=O)C1=C(C#N)NC(C)=C(C(=O)OCCSCC)C1c1ccccc1C(F)(F)F. The van der Waals surface area contributed by atoms with Gasteiger partial charge < -0.3 is 14.8 Å². The molecule has 0 aromatic heterocycles. The van der Waals surface area contributed by atoms with Gasteiger partial charge in [-0.15, -0.1) is 0 Å². The molecule has 0 saturated carbocycles. The van der Waals surface area contributed by atoms with E-state index in [0.717, 1.165) is 11.8 Å². The summed E-state index contributed by atoms with van der Waals surface area (Å²) in [5.41, 5.74) is -2.06. The zero-order chi connectivity index (χ0) is 23.9. The molecule has 1 aromatic rings. The van der Waals surface area contributed by atoms with Crippen LogP contribution in [0, 0.1) is 11.3 Å². The Bertz CT molecular complexity index is 980. The molecule has 1 heterocycles. The molecule has 1 N–H and O–H groups in total. The number of alkyl halides is 3. The van der Waals surface area contributed by atoms with Gasteiger partial charge in [0, 0.05) is 11.4 Å². The van der Waals surface area contributed by atoms with E-state index in [9.17, 15) is 28.0 Å². The number of nitrogens with one attached hydrogen (secondary N) is 1. The van der Waals surface area contributed by atoms with Crippen molar-refractivity contribution in [2.24, 2.45) is 0 Å². The highest BCUT2D eigenvalue weighted by Gasteiger charge is 2.43. The van der Waals surface area contributed by atoms with Gasteiger partial charge in [-0.2, -0.15) is 30.2 Å². The third-order valence-electron chi connectivity index (χ3n) is 4.63. The fourth-order valence-corrected chi connectivity index (χ4v) is 3.84. The molecule has 172 valence electrons. The maximum absolute atomic E-state index is 13.8. The number of esters is 2. The second kappa shape index (κ2) is 11.1. The van der Waals surface area contributed by atoms with Gasteiger partial charge in [0.2, 0.25) is 0 Å². The summed E-state index contributed by atoms with van der Waals surface area (Å²) in [7, 11) is 0. The van der Waals surface area contributed by atoms with E-state index in [1.807, 2.05) is 6.92 Å². The van der Waals surface area contributed by atoms with Crippen molar-refractivity contribution in [2.45, 2.75) is 32.9 Å². The largest absolute Gasteiger partial charge is 0.463 e. The van der Waals surface area contributed by atoms with Crippen molar-refractivity contribution in [1.29, 1.82) is 5.26 Å². The van der Waals surface area contributed by atoms with Crippen LogP contribution in [-0.2, 0) is 25.2 Å². The van der Waals surface area contributed by atoms with Crippen LogP contribution in [0.25, 0.3) is 0 Å². The van der Waals surface area contributed by atoms with Gasteiger partial charge >= 0.3 is 18.1 Å². The third-order valence-corrected chi connectivity index (χ3v) is 5.50. The quantitative estimate of drug-likeness (QED) is 0.449. The molecule has 1 aliphatic heterocycles. The summed E-state index contributed by atoms with van der Waals surface area (Å²) in [6.07, 6.45) is -4.76. The number of benzene rings is 1. The van der Waals surface area contributed by atoms with Crippen molar-refractivity contribution < 1.29 is 32.2 Å². The molecule has 0 radical (unpaired) electrons. The lowest BCUT2D eigenvalue weighted by Gasteiger charge is -2.30. The molecular formula is C22H23F3N2O4S. The molecule has 10 heteroatoms. The second-order valence-electron chi connectivity index (χ2n) is 6.64. The predicted octanol–water partition coefficient (Wildman–Crippen LogP) is 4.30. The molecule has 0 saturated heterocycles. The first kappa shape index (κ1) is 25.3. The number of carbonyl (C=O) groups is 2. The number of nitriles is 1. The number of nitrogens with zero attached hydrogens (tertiary/aromatic N) is 1. The van der Waals surface area contributed by atoms with E-state index in [1.54, 1.807) is 6.07 Å². The first-order valence-electron chi connectivity index (χ1n) is 9.87. The highest BCUT2D eigenvalue weighted by atomic mass is 32.2. The normalized spacial score (nSPS) is 16.3. The lowest BCUT2D eigenvalue weighted by atomic mass is 9.78.